The molecule has 5 nitrogen and oxygen atoms in total. The van der Waals surface area contributed by atoms with E-state index in [1.54, 1.807) is 36.4 Å². The minimum atomic E-state index is -0.282. The van der Waals surface area contributed by atoms with Gasteiger partial charge in [-0.2, -0.15) is 4.98 Å². The van der Waals surface area contributed by atoms with Crippen molar-refractivity contribution >= 4 is 17.5 Å². The first kappa shape index (κ1) is 17.2. The van der Waals surface area contributed by atoms with Crippen molar-refractivity contribution in [2.45, 2.75) is 26.3 Å². The molecule has 0 atom stereocenters. The lowest BCUT2D eigenvalue weighted by Crippen LogP contribution is -2.40. The first-order valence-corrected chi connectivity index (χ1v) is 8.22. The van der Waals surface area contributed by atoms with Gasteiger partial charge in [0.25, 0.3) is 11.8 Å². The van der Waals surface area contributed by atoms with Crippen LogP contribution in [0.3, 0.4) is 0 Å². The lowest BCUT2D eigenvalue weighted by atomic mass is 10.1. The zero-order valence-electron chi connectivity index (χ0n) is 14.2. The van der Waals surface area contributed by atoms with Gasteiger partial charge in [-0.1, -0.05) is 16.8 Å². The Morgan fingerprint density at radius 2 is 1.60 bits per heavy atom. The van der Waals surface area contributed by atoms with Crippen molar-refractivity contribution in [2.24, 2.45) is 0 Å². The summed E-state index contributed by atoms with van der Waals surface area (Å²) in [4.78, 5) is 16.5. The number of nitrogens with one attached hydrogen (secondary N) is 1. The lowest BCUT2D eigenvalue weighted by molar-refractivity contribution is 0.0919. The third-order valence-electron chi connectivity index (χ3n) is 3.41. The number of carbonyl (C=O) groups excluding carboxylic acids is 1. The molecule has 3 aromatic rings. The molecule has 2 aromatic carbocycles. The van der Waals surface area contributed by atoms with Gasteiger partial charge in [-0.25, -0.2) is 0 Å². The van der Waals surface area contributed by atoms with E-state index in [9.17, 15) is 4.79 Å². The molecule has 0 spiro atoms. The van der Waals surface area contributed by atoms with E-state index in [0.29, 0.717) is 22.3 Å². The summed E-state index contributed by atoms with van der Waals surface area (Å²) in [5.74, 6) is 0.764. The second kappa shape index (κ2) is 6.69. The molecule has 0 radical (unpaired) electrons. The van der Waals surface area contributed by atoms with Crippen LogP contribution in [-0.4, -0.2) is 21.6 Å². The Labute approximate surface area is 151 Å². The van der Waals surface area contributed by atoms with Crippen LogP contribution in [0.1, 0.15) is 31.1 Å². The molecular formula is C19H18ClN3O2. The molecule has 1 aromatic heterocycles. The fraction of sp³-hybridized carbons (Fsp3) is 0.211. The molecule has 0 saturated carbocycles. The Morgan fingerprint density at radius 1 is 1.00 bits per heavy atom. The van der Waals surface area contributed by atoms with Crippen LogP contribution in [0.25, 0.3) is 22.8 Å². The number of rotatable bonds is 3. The van der Waals surface area contributed by atoms with E-state index < -0.39 is 0 Å². The van der Waals surface area contributed by atoms with Crippen LogP contribution in [0.2, 0.25) is 5.02 Å². The highest BCUT2D eigenvalue weighted by Crippen LogP contribution is 2.23. The van der Waals surface area contributed by atoms with Crippen LogP contribution in [-0.2, 0) is 0 Å². The van der Waals surface area contributed by atoms with E-state index in [0.717, 1.165) is 11.1 Å². The largest absolute Gasteiger partial charge is 0.347 e. The third-order valence-corrected chi connectivity index (χ3v) is 3.66. The summed E-state index contributed by atoms with van der Waals surface area (Å²) >= 11 is 5.88. The van der Waals surface area contributed by atoms with Crippen LogP contribution in [0.5, 0.6) is 0 Å². The molecule has 0 unspecified atom stereocenters. The van der Waals surface area contributed by atoms with E-state index in [-0.39, 0.29) is 11.4 Å². The van der Waals surface area contributed by atoms with E-state index >= 15 is 0 Å². The number of hydrogen-bond donors (Lipinski definition) is 1. The molecule has 0 fully saturated rings. The predicted molar refractivity (Wildman–Crippen MR) is 97.4 cm³/mol. The smallest absolute Gasteiger partial charge is 0.258 e. The fourth-order valence-corrected chi connectivity index (χ4v) is 2.36. The Morgan fingerprint density at radius 3 is 2.20 bits per heavy atom. The summed E-state index contributed by atoms with van der Waals surface area (Å²) in [5, 5.41) is 7.56. The molecule has 0 saturated heterocycles. The maximum absolute atomic E-state index is 12.2. The Kier molecular flexibility index (Phi) is 4.59. The average Bonchev–Trinajstić information content (AvgIpc) is 3.04. The number of nitrogens with zero attached hydrogens (tertiary/aromatic N) is 2. The van der Waals surface area contributed by atoms with Gasteiger partial charge in [-0.3, -0.25) is 4.79 Å². The van der Waals surface area contributed by atoms with Gasteiger partial charge in [0.1, 0.15) is 0 Å². The topological polar surface area (TPSA) is 68.0 Å². The van der Waals surface area contributed by atoms with E-state index in [1.165, 1.54) is 0 Å². The summed E-state index contributed by atoms with van der Waals surface area (Å²) in [6, 6.07) is 14.3. The van der Waals surface area contributed by atoms with Gasteiger partial charge in [0.05, 0.1) is 0 Å². The lowest BCUT2D eigenvalue weighted by Gasteiger charge is -2.20. The van der Waals surface area contributed by atoms with E-state index in [1.807, 2.05) is 32.9 Å². The highest BCUT2D eigenvalue weighted by atomic mass is 35.5. The summed E-state index contributed by atoms with van der Waals surface area (Å²) < 4.78 is 5.32. The molecule has 6 heteroatoms. The van der Waals surface area contributed by atoms with E-state index in [2.05, 4.69) is 15.5 Å². The standard InChI is InChI=1S/C19H18ClN3O2/c1-19(2,3)22-17(24)13-4-6-14(7-5-13)18-21-16(23-25-18)12-8-10-15(20)11-9-12/h4-11H,1-3H3,(H,22,24). The molecule has 0 aliphatic heterocycles. The van der Waals surface area contributed by atoms with Gasteiger partial charge in [0, 0.05) is 27.3 Å². The predicted octanol–water partition coefficient (Wildman–Crippen LogP) is 4.59. The van der Waals surface area contributed by atoms with Crippen molar-refractivity contribution in [2.75, 3.05) is 0 Å². The molecule has 0 aliphatic carbocycles. The second-order valence-electron chi connectivity index (χ2n) is 6.71. The number of carbonyl (C=O) groups is 1. The molecule has 1 heterocycles. The summed E-state index contributed by atoms with van der Waals surface area (Å²) in [6.45, 7) is 5.82. The second-order valence-corrected chi connectivity index (χ2v) is 7.15. The highest BCUT2D eigenvalue weighted by Gasteiger charge is 2.16. The Balaban J connectivity index is 1.79. The van der Waals surface area contributed by atoms with Crippen molar-refractivity contribution in [3.05, 3.63) is 59.1 Å². The Hall–Kier alpha value is -2.66. The van der Waals surface area contributed by atoms with Gasteiger partial charge < -0.3 is 9.84 Å². The molecule has 0 aliphatic rings. The van der Waals surface area contributed by atoms with Gasteiger partial charge in [0.2, 0.25) is 5.82 Å². The van der Waals surface area contributed by atoms with Crippen molar-refractivity contribution in [3.63, 3.8) is 0 Å². The average molecular weight is 356 g/mol. The summed E-state index contributed by atoms with van der Waals surface area (Å²) in [7, 11) is 0. The molecule has 1 amide bonds. The number of benzene rings is 2. The van der Waals surface area contributed by atoms with Gasteiger partial charge in [-0.05, 0) is 69.3 Å². The third kappa shape index (κ3) is 4.25. The van der Waals surface area contributed by atoms with Crippen molar-refractivity contribution in [1.29, 1.82) is 0 Å². The van der Waals surface area contributed by atoms with Gasteiger partial charge in [-0.15, -0.1) is 0 Å². The maximum atomic E-state index is 12.2. The van der Waals surface area contributed by atoms with Crippen LogP contribution >= 0.6 is 11.6 Å². The summed E-state index contributed by atoms with van der Waals surface area (Å²) in [5.41, 5.74) is 1.87. The van der Waals surface area contributed by atoms with Crippen molar-refractivity contribution in [3.8, 4) is 22.8 Å². The van der Waals surface area contributed by atoms with Crippen LogP contribution < -0.4 is 5.32 Å². The number of amides is 1. The van der Waals surface area contributed by atoms with Crippen LogP contribution in [0.4, 0.5) is 0 Å². The molecule has 128 valence electrons. The maximum Gasteiger partial charge on any atom is 0.258 e. The normalized spacial score (nSPS) is 11.4. The minimum absolute atomic E-state index is 0.119. The SMILES string of the molecule is CC(C)(C)NC(=O)c1ccc(-c2nc(-c3ccc(Cl)cc3)no2)cc1. The quantitative estimate of drug-likeness (QED) is 0.746. The van der Waals surface area contributed by atoms with Gasteiger partial charge in [0.15, 0.2) is 0 Å². The molecular weight excluding hydrogens is 338 g/mol. The summed E-state index contributed by atoms with van der Waals surface area (Å²) in [6.07, 6.45) is 0. The number of halogens is 1. The fourth-order valence-electron chi connectivity index (χ4n) is 2.23. The van der Waals surface area contributed by atoms with Gasteiger partial charge >= 0.3 is 0 Å². The molecule has 1 N–H and O–H groups in total. The Bertz CT molecular complexity index is 878. The highest BCUT2D eigenvalue weighted by molar-refractivity contribution is 6.30. The number of hydrogen-bond acceptors (Lipinski definition) is 4. The molecule has 25 heavy (non-hydrogen) atoms. The minimum Gasteiger partial charge on any atom is -0.347 e. The zero-order chi connectivity index (χ0) is 18.0. The van der Waals surface area contributed by atoms with E-state index in [4.69, 9.17) is 16.1 Å². The van der Waals surface area contributed by atoms with Crippen LogP contribution in [0, 0.1) is 0 Å². The first-order chi connectivity index (χ1) is 11.8. The number of aromatic nitrogens is 2. The molecule has 3 rings (SSSR count). The zero-order valence-corrected chi connectivity index (χ0v) is 15.0. The van der Waals surface area contributed by atoms with Crippen LogP contribution in [0.15, 0.2) is 53.1 Å². The monoisotopic (exact) mass is 355 g/mol. The molecule has 0 bridgehead atoms. The van der Waals surface area contributed by atoms with Crippen molar-refractivity contribution in [1.82, 2.24) is 15.5 Å². The van der Waals surface area contributed by atoms with Crippen molar-refractivity contribution < 1.29 is 9.32 Å². The first-order valence-electron chi connectivity index (χ1n) is 7.84.